The van der Waals surface area contributed by atoms with Crippen molar-refractivity contribution < 1.29 is 9.53 Å². The van der Waals surface area contributed by atoms with E-state index in [0.29, 0.717) is 24.5 Å². The molecule has 1 aromatic carbocycles. The molecule has 1 atom stereocenters. The average molecular weight is 247 g/mol. The molecule has 98 valence electrons. The Bertz CT molecular complexity index is 415. The van der Waals surface area contributed by atoms with E-state index in [-0.39, 0.29) is 0 Å². The van der Waals surface area contributed by atoms with Crippen LogP contribution in [0.1, 0.15) is 30.7 Å². The molecule has 0 saturated carbocycles. The molecule has 0 fully saturated rings. The fraction of sp³-hybridized carbons (Fsp3) is 0.533. The van der Waals surface area contributed by atoms with Gasteiger partial charge in [0.05, 0.1) is 6.61 Å². The predicted molar refractivity (Wildman–Crippen MR) is 72.1 cm³/mol. The molecule has 1 heterocycles. The predicted octanol–water partition coefficient (Wildman–Crippen LogP) is 2.46. The van der Waals surface area contributed by atoms with Crippen molar-refractivity contribution in [3.05, 3.63) is 29.8 Å². The summed E-state index contributed by atoms with van der Waals surface area (Å²) in [5.41, 5.74) is 1.20. The van der Waals surface area contributed by atoms with Gasteiger partial charge in [-0.05, 0) is 38.1 Å². The summed E-state index contributed by atoms with van der Waals surface area (Å²) in [5, 5.41) is 0. The molecule has 0 spiro atoms. The lowest BCUT2D eigenvalue weighted by molar-refractivity contribution is -0.119. The molecule has 1 aliphatic rings. The smallest absolute Gasteiger partial charge is 0.134 e. The van der Waals surface area contributed by atoms with Crippen LogP contribution in [0.3, 0.4) is 0 Å². The van der Waals surface area contributed by atoms with Crippen molar-refractivity contribution in [3.63, 3.8) is 0 Å². The number of fused-ring (bicyclic) bond motifs is 1. The summed E-state index contributed by atoms with van der Waals surface area (Å²) < 4.78 is 5.61. The average Bonchev–Trinajstić information content (AvgIpc) is 2.37. The second-order valence-electron chi connectivity index (χ2n) is 5.17. The van der Waals surface area contributed by atoms with Crippen LogP contribution in [0, 0.1) is 0 Å². The first-order chi connectivity index (χ1) is 8.66. The minimum atomic E-state index is 0.338. The normalized spacial score (nSPS) is 18.3. The summed E-state index contributed by atoms with van der Waals surface area (Å²) in [5.74, 6) is 1.64. The second kappa shape index (κ2) is 6.01. The van der Waals surface area contributed by atoms with Crippen molar-refractivity contribution in [2.45, 2.75) is 25.2 Å². The van der Waals surface area contributed by atoms with Crippen molar-refractivity contribution >= 4 is 5.78 Å². The molecule has 0 N–H and O–H groups in total. The molecule has 0 bridgehead atoms. The molecule has 0 aliphatic carbocycles. The Morgan fingerprint density at radius 1 is 1.39 bits per heavy atom. The first kappa shape index (κ1) is 13.1. The lowest BCUT2D eigenvalue weighted by Crippen LogP contribution is -2.20. The van der Waals surface area contributed by atoms with E-state index in [0.717, 1.165) is 25.3 Å². The second-order valence-corrected chi connectivity index (χ2v) is 5.17. The Labute approximate surface area is 109 Å². The molecule has 0 saturated heterocycles. The number of hydrogen-bond acceptors (Lipinski definition) is 3. The Balaban J connectivity index is 1.96. The van der Waals surface area contributed by atoms with Crippen molar-refractivity contribution in [1.82, 2.24) is 4.90 Å². The number of carbonyl (C=O) groups excluding carboxylic acids is 1. The van der Waals surface area contributed by atoms with Gasteiger partial charge in [-0.15, -0.1) is 0 Å². The molecule has 0 amide bonds. The number of benzene rings is 1. The zero-order chi connectivity index (χ0) is 13.0. The minimum absolute atomic E-state index is 0.338. The molecule has 18 heavy (non-hydrogen) atoms. The summed E-state index contributed by atoms with van der Waals surface area (Å²) in [7, 11) is 3.99. The molecule has 3 heteroatoms. The van der Waals surface area contributed by atoms with Crippen LogP contribution in [0.25, 0.3) is 0 Å². The number of Topliss-reactive ketones (excluding diaryl/α,β-unsaturated/α-hetero) is 1. The van der Waals surface area contributed by atoms with E-state index in [1.165, 1.54) is 5.56 Å². The van der Waals surface area contributed by atoms with Gasteiger partial charge in [-0.1, -0.05) is 18.2 Å². The number of hydrogen-bond donors (Lipinski definition) is 0. The van der Waals surface area contributed by atoms with Crippen molar-refractivity contribution in [1.29, 1.82) is 0 Å². The van der Waals surface area contributed by atoms with E-state index in [9.17, 15) is 4.79 Å². The largest absolute Gasteiger partial charge is 0.493 e. The van der Waals surface area contributed by atoms with E-state index in [2.05, 4.69) is 11.0 Å². The van der Waals surface area contributed by atoms with Crippen LogP contribution in [0.5, 0.6) is 5.75 Å². The monoisotopic (exact) mass is 247 g/mol. The van der Waals surface area contributed by atoms with E-state index in [1.54, 1.807) is 0 Å². The fourth-order valence-corrected chi connectivity index (χ4v) is 2.35. The van der Waals surface area contributed by atoms with E-state index in [1.807, 2.05) is 32.3 Å². The SMILES string of the molecule is CN(C)CCC(=O)CC1CCOc2ccccc21. The first-order valence-electron chi connectivity index (χ1n) is 6.55. The molecule has 3 nitrogen and oxygen atoms in total. The maximum Gasteiger partial charge on any atom is 0.134 e. The van der Waals surface area contributed by atoms with Crippen molar-refractivity contribution in [2.24, 2.45) is 0 Å². The highest BCUT2D eigenvalue weighted by molar-refractivity contribution is 5.79. The minimum Gasteiger partial charge on any atom is -0.493 e. The van der Waals surface area contributed by atoms with Gasteiger partial charge in [-0.2, -0.15) is 0 Å². The maximum atomic E-state index is 12.0. The summed E-state index contributed by atoms with van der Waals surface area (Å²) in [4.78, 5) is 14.0. The van der Waals surface area contributed by atoms with Gasteiger partial charge in [0.2, 0.25) is 0 Å². The van der Waals surface area contributed by atoms with Crippen LogP contribution in [-0.4, -0.2) is 37.9 Å². The standard InChI is InChI=1S/C15H21NO2/c1-16(2)9-7-13(17)11-12-8-10-18-15-6-4-3-5-14(12)15/h3-6,12H,7-11H2,1-2H3. The van der Waals surface area contributed by atoms with Gasteiger partial charge in [-0.3, -0.25) is 4.79 Å². The molecular weight excluding hydrogens is 226 g/mol. The molecule has 1 aliphatic heterocycles. The number of carbonyl (C=O) groups is 1. The van der Waals surface area contributed by atoms with Crippen LogP contribution in [0.4, 0.5) is 0 Å². The topological polar surface area (TPSA) is 29.5 Å². The third-order valence-electron chi connectivity index (χ3n) is 3.39. The van der Waals surface area contributed by atoms with E-state index < -0.39 is 0 Å². The number of ether oxygens (including phenoxy) is 1. The van der Waals surface area contributed by atoms with Gasteiger partial charge in [0, 0.05) is 19.4 Å². The summed E-state index contributed by atoms with van der Waals surface area (Å²) in [6.07, 6.45) is 2.24. The van der Waals surface area contributed by atoms with Crippen molar-refractivity contribution in [2.75, 3.05) is 27.2 Å². The number of ketones is 1. The summed E-state index contributed by atoms with van der Waals surface area (Å²) in [6, 6.07) is 8.07. The first-order valence-corrected chi connectivity index (χ1v) is 6.55. The highest BCUT2D eigenvalue weighted by atomic mass is 16.5. The van der Waals surface area contributed by atoms with Crippen molar-refractivity contribution in [3.8, 4) is 5.75 Å². The Hall–Kier alpha value is -1.35. The van der Waals surface area contributed by atoms with Crippen LogP contribution in [0.2, 0.25) is 0 Å². The fourth-order valence-electron chi connectivity index (χ4n) is 2.35. The van der Waals surface area contributed by atoms with Crippen LogP contribution in [-0.2, 0) is 4.79 Å². The number of nitrogens with zero attached hydrogens (tertiary/aromatic N) is 1. The lowest BCUT2D eigenvalue weighted by atomic mass is 9.88. The van der Waals surface area contributed by atoms with Crippen LogP contribution >= 0.6 is 0 Å². The Morgan fingerprint density at radius 3 is 2.94 bits per heavy atom. The zero-order valence-corrected chi connectivity index (χ0v) is 11.2. The van der Waals surface area contributed by atoms with Crippen LogP contribution < -0.4 is 4.74 Å². The van der Waals surface area contributed by atoms with Gasteiger partial charge in [0.15, 0.2) is 0 Å². The molecule has 0 aromatic heterocycles. The van der Waals surface area contributed by atoms with Crippen LogP contribution in [0.15, 0.2) is 24.3 Å². The molecule has 0 radical (unpaired) electrons. The molecule has 2 rings (SSSR count). The number of rotatable bonds is 5. The quantitative estimate of drug-likeness (QED) is 0.800. The number of para-hydroxylation sites is 1. The third kappa shape index (κ3) is 3.33. The molecule has 1 unspecified atom stereocenters. The zero-order valence-electron chi connectivity index (χ0n) is 11.2. The Morgan fingerprint density at radius 2 is 2.17 bits per heavy atom. The van der Waals surface area contributed by atoms with Gasteiger partial charge in [0.25, 0.3) is 0 Å². The third-order valence-corrected chi connectivity index (χ3v) is 3.39. The summed E-state index contributed by atoms with van der Waals surface area (Å²) >= 11 is 0. The highest BCUT2D eigenvalue weighted by Crippen LogP contribution is 2.35. The Kier molecular flexibility index (Phi) is 4.37. The van der Waals surface area contributed by atoms with Gasteiger partial charge in [0.1, 0.15) is 11.5 Å². The maximum absolute atomic E-state index is 12.0. The molecular formula is C15H21NO2. The van der Waals surface area contributed by atoms with E-state index >= 15 is 0 Å². The van der Waals surface area contributed by atoms with Gasteiger partial charge < -0.3 is 9.64 Å². The molecule has 1 aromatic rings. The van der Waals surface area contributed by atoms with Gasteiger partial charge >= 0.3 is 0 Å². The lowest BCUT2D eigenvalue weighted by Gasteiger charge is -2.25. The van der Waals surface area contributed by atoms with E-state index in [4.69, 9.17) is 4.74 Å². The van der Waals surface area contributed by atoms with Gasteiger partial charge in [-0.25, -0.2) is 0 Å². The highest BCUT2D eigenvalue weighted by Gasteiger charge is 2.23. The summed E-state index contributed by atoms with van der Waals surface area (Å²) in [6.45, 7) is 1.56.